The Morgan fingerprint density at radius 2 is 1.67 bits per heavy atom. The van der Waals surface area contributed by atoms with Crippen LogP contribution in [0.1, 0.15) is 27.2 Å². The van der Waals surface area contributed by atoms with Crippen LogP contribution in [-0.4, -0.2) is 83.8 Å². The molecule has 0 amide bonds. The molecule has 8 atom stereocenters. The summed E-state index contributed by atoms with van der Waals surface area (Å²) in [6.07, 6.45) is -3.24. The zero-order valence-electron chi connectivity index (χ0n) is 16.6. The predicted octanol–water partition coefficient (Wildman–Crippen LogP) is -0.460. The Morgan fingerprint density at radius 3 is 2.15 bits per heavy atom. The minimum Gasteiger partial charge on any atom is -0.452 e. The minimum atomic E-state index is -2.19. The van der Waals surface area contributed by atoms with Gasteiger partial charge in [0.2, 0.25) is 0 Å². The molecule has 2 fully saturated rings. The number of carbonyl (C=O) groups excluding carboxylic acids is 1. The zero-order chi connectivity index (χ0) is 19.7. The van der Waals surface area contributed by atoms with E-state index in [2.05, 4.69) is 0 Å². The van der Waals surface area contributed by atoms with E-state index < -0.39 is 53.1 Å². The number of aliphatic hydroxyl groups is 3. The largest absolute Gasteiger partial charge is 0.452 e. The molecule has 3 N–H and O–H groups in total. The molecule has 1 aliphatic heterocycles. The molecule has 0 bridgehead atoms. The van der Waals surface area contributed by atoms with E-state index in [-0.39, 0.29) is 50.5 Å². The summed E-state index contributed by atoms with van der Waals surface area (Å²) in [5.41, 5.74) is -4.38. The van der Waals surface area contributed by atoms with Crippen LogP contribution in [0.3, 0.4) is 0 Å². The SMILES string of the molecule is COC1C(C)=C2C3OC(=O)[C@@](C)(O)C3(O)C(OC)C[C@](C)(O)C2C1OC.[Ac]. The van der Waals surface area contributed by atoms with Crippen LogP contribution in [0, 0.1) is 50.0 Å². The first kappa shape index (κ1) is 23.7. The van der Waals surface area contributed by atoms with Crippen LogP contribution in [0.2, 0.25) is 0 Å². The van der Waals surface area contributed by atoms with E-state index in [0.29, 0.717) is 11.1 Å². The topological polar surface area (TPSA) is 115 Å². The number of methoxy groups -OCH3 is 3. The standard InChI is InChI=1S/C18H28O8.Ac/c1-8-10-11(13(25-6)12(8)24-5)16(2,20)7-9(23-4)18(22)14(10)26-15(19)17(18,3)21;/h9,11-14,20-22H,7H2,1-6H3;/t9?,11?,12?,13?,14?,16-,17+,18?;/m0./s1. The van der Waals surface area contributed by atoms with E-state index in [1.165, 1.54) is 28.3 Å². The van der Waals surface area contributed by atoms with Crippen molar-refractivity contribution in [3.63, 3.8) is 0 Å². The molecular weight excluding hydrogens is 571 g/mol. The predicted molar refractivity (Wildman–Crippen MR) is 89.3 cm³/mol. The summed E-state index contributed by atoms with van der Waals surface area (Å²) in [4.78, 5) is 12.4. The van der Waals surface area contributed by atoms with E-state index >= 15 is 0 Å². The van der Waals surface area contributed by atoms with Gasteiger partial charge in [0.25, 0.3) is 0 Å². The number of hydrogen-bond acceptors (Lipinski definition) is 8. The number of fused-ring (bicyclic) bond motifs is 3. The van der Waals surface area contributed by atoms with Crippen molar-refractivity contribution in [2.45, 2.75) is 68.4 Å². The van der Waals surface area contributed by atoms with Crippen molar-refractivity contribution >= 4 is 5.97 Å². The van der Waals surface area contributed by atoms with E-state index in [1.807, 2.05) is 0 Å². The summed E-state index contributed by atoms with van der Waals surface area (Å²) in [5.74, 6) is -1.53. The van der Waals surface area contributed by atoms with Crippen LogP contribution in [0.25, 0.3) is 0 Å². The van der Waals surface area contributed by atoms with E-state index in [4.69, 9.17) is 18.9 Å². The van der Waals surface area contributed by atoms with Gasteiger partial charge in [-0.05, 0) is 31.9 Å². The Labute approximate surface area is 194 Å². The van der Waals surface area contributed by atoms with Crippen molar-refractivity contribution < 1.29 is 83.1 Å². The third-order valence-corrected chi connectivity index (χ3v) is 6.50. The maximum atomic E-state index is 12.4. The number of hydrogen-bond donors (Lipinski definition) is 3. The second kappa shape index (κ2) is 7.59. The first-order valence-corrected chi connectivity index (χ1v) is 8.66. The van der Waals surface area contributed by atoms with Crippen LogP contribution in [-0.2, 0) is 23.7 Å². The quantitative estimate of drug-likeness (QED) is 0.295. The van der Waals surface area contributed by atoms with Gasteiger partial charge in [-0.2, -0.15) is 0 Å². The second-order valence-corrected chi connectivity index (χ2v) is 7.94. The van der Waals surface area contributed by atoms with Gasteiger partial charge >= 0.3 is 5.97 Å². The molecule has 1 saturated carbocycles. The van der Waals surface area contributed by atoms with Gasteiger partial charge in [-0.3, -0.25) is 0 Å². The Morgan fingerprint density at radius 1 is 1.07 bits per heavy atom. The molecule has 151 valence electrons. The molecule has 6 unspecified atom stereocenters. The molecule has 2 aliphatic carbocycles. The first-order chi connectivity index (χ1) is 12.0. The average molecular weight is 599 g/mol. The van der Waals surface area contributed by atoms with Crippen LogP contribution in [0.4, 0.5) is 0 Å². The second-order valence-electron chi connectivity index (χ2n) is 7.94. The fourth-order valence-electron chi connectivity index (χ4n) is 5.07. The molecule has 8 nitrogen and oxygen atoms in total. The molecule has 0 aromatic carbocycles. The summed E-state index contributed by atoms with van der Waals surface area (Å²) < 4.78 is 22.1. The molecule has 0 spiro atoms. The molecule has 3 rings (SSSR count). The van der Waals surface area contributed by atoms with E-state index in [9.17, 15) is 20.1 Å². The van der Waals surface area contributed by atoms with Crippen LogP contribution in [0.15, 0.2) is 11.1 Å². The Balaban J connectivity index is 0.00000261. The van der Waals surface area contributed by atoms with Gasteiger partial charge in [-0.1, -0.05) is 0 Å². The minimum absolute atomic E-state index is 0. The van der Waals surface area contributed by atoms with Crippen LogP contribution in [0.5, 0.6) is 0 Å². The third-order valence-electron chi connectivity index (χ3n) is 6.50. The number of esters is 1. The molecule has 27 heavy (non-hydrogen) atoms. The summed E-state index contributed by atoms with van der Waals surface area (Å²) in [6, 6.07) is 0. The summed E-state index contributed by atoms with van der Waals surface area (Å²) in [6.45, 7) is 4.63. The maximum absolute atomic E-state index is 12.4. The molecule has 0 aromatic rings. The van der Waals surface area contributed by atoms with E-state index in [0.717, 1.165) is 0 Å². The smallest absolute Gasteiger partial charge is 0.341 e. The average Bonchev–Trinajstić information content (AvgIpc) is 2.93. The van der Waals surface area contributed by atoms with Crippen LogP contribution < -0.4 is 0 Å². The van der Waals surface area contributed by atoms with Crippen molar-refractivity contribution in [3.05, 3.63) is 11.1 Å². The maximum Gasteiger partial charge on any atom is 0.341 e. The molecule has 3 aliphatic rings. The summed E-state index contributed by atoms with van der Waals surface area (Å²) in [5, 5.41) is 33.6. The fourth-order valence-corrected chi connectivity index (χ4v) is 5.07. The number of rotatable bonds is 3. The third kappa shape index (κ3) is 3.00. The van der Waals surface area contributed by atoms with Crippen molar-refractivity contribution in [2.75, 3.05) is 21.3 Å². The monoisotopic (exact) mass is 599 g/mol. The van der Waals surface area contributed by atoms with Crippen molar-refractivity contribution in [3.8, 4) is 0 Å². The summed E-state index contributed by atoms with van der Waals surface area (Å²) in [7, 11) is 4.41. The Bertz CT molecular complexity index is 645. The van der Waals surface area contributed by atoms with Gasteiger partial charge < -0.3 is 34.3 Å². The summed E-state index contributed by atoms with van der Waals surface area (Å²) >= 11 is 0. The molecular formula is C18H28AcO8. The van der Waals surface area contributed by atoms with Crippen LogP contribution >= 0.6 is 0 Å². The molecule has 0 aromatic heterocycles. The fraction of sp³-hybridized carbons (Fsp3) is 0.833. The normalized spacial score (nSPS) is 49.2. The van der Waals surface area contributed by atoms with Crippen molar-refractivity contribution in [1.82, 2.24) is 0 Å². The number of ether oxygens (including phenoxy) is 4. The Kier molecular flexibility index (Phi) is 6.66. The van der Waals surface area contributed by atoms with E-state index in [1.54, 1.807) is 13.8 Å². The van der Waals surface area contributed by atoms with Crippen molar-refractivity contribution in [2.24, 2.45) is 5.92 Å². The molecule has 9 heteroatoms. The number of carbonyl (C=O) groups is 1. The zero-order valence-corrected chi connectivity index (χ0v) is 21.3. The van der Waals surface area contributed by atoms with Gasteiger partial charge in [-0.25, -0.2) is 4.79 Å². The first-order valence-electron chi connectivity index (χ1n) is 8.66. The van der Waals surface area contributed by atoms with Crippen molar-refractivity contribution in [1.29, 1.82) is 0 Å². The molecule has 1 radical (unpaired) electrons. The van der Waals surface area contributed by atoms with Gasteiger partial charge in [0, 0.05) is 77.7 Å². The van der Waals surface area contributed by atoms with Gasteiger partial charge in [0.15, 0.2) is 17.3 Å². The molecule has 1 heterocycles. The van der Waals surface area contributed by atoms with Gasteiger partial charge in [0.05, 0.1) is 17.8 Å². The Hall–Kier alpha value is 0.412. The molecule has 1 saturated heterocycles. The van der Waals surface area contributed by atoms with Gasteiger partial charge in [-0.15, -0.1) is 0 Å². The van der Waals surface area contributed by atoms with Gasteiger partial charge in [0.1, 0.15) is 6.10 Å².